The number of hydrogen-bond donors (Lipinski definition) is 2. The fourth-order valence-corrected chi connectivity index (χ4v) is 4.79. The zero-order valence-electron chi connectivity index (χ0n) is 15.1. The standard InChI is InChI=1S/C19H24N4OS.2ClH/c20-15-7-6-14(10-15)18(24)22-19-21-16-8-9-23(12-17(16)25-19)11-13-4-2-1-3-5-13;;/h1-5,14-15H,6-12,20H2,(H,21,22,24);2*1H. The fraction of sp³-hybridized carbons (Fsp3) is 0.474. The van der Waals surface area contributed by atoms with Gasteiger partial charge in [0.05, 0.1) is 5.69 Å². The minimum atomic E-state index is 0. The number of fused-ring (bicyclic) bond motifs is 1. The first kappa shape index (κ1) is 22.1. The third kappa shape index (κ3) is 5.42. The molecule has 3 N–H and O–H groups in total. The molecule has 1 fully saturated rings. The van der Waals surface area contributed by atoms with Crippen LogP contribution in [-0.2, 0) is 24.3 Å². The lowest BCUT2D eigenvalue weighted by molar-refractivity contribution is -0.119. The third-order valence-electron chi connectivity index (χ3n) is 5.13. The molecule has 0 radical (unpaired) electrons. The Hall–Kier alpha value is -1.18. The quantitative estimate of drug-likeness (QED) is 0.779. The molecular weight excluding hydrogens is 403 g/mol. The number of aromatic nitrogens is 1. The summed E-state index contributed by atoms with van der Waals surface area (Å²) < 4.78 is 0. The summed E-state index contributed by atoms with van der Waals surface area (Å²) in [5, 5.41) is 3.77. The average molecular weight is 429 g/mol. The maximum absolute atomic E-state index is 12.4. The third-order valence-corrected chi connectivity index (χ3v) is 6.13. The molecule has 1 aromatic carbocycles. The fourth-order valence-electron chi connectivity index (χ4n) is 3.74. The van der Waals surface area contributed by atoms with Crippen LogP contribution in [0.1, 0.15) is 35.4 Å². The molecule has 2 unspecified atom stereocenters. The average Bonchev–Trinajstić information content (AvgIpc) is 3.21. The summed E-state index contributed by atoms with van der Waals surface area (Å²) >= 11 is 1.62. The van der Waals surface area contributed by atoms with Gasteiger partial charge in [-0.1, -0.05) is 30.3 Å². The molecular formula is C19H26Cl2N4OS. The number of rotatable bonds is 4. The number of nitrogens with one attached hydrogen (secondary N) is 1. The van der Waals surface area contributed by atoms with Gasteiger partial charge in [-0.25, -0.2) is 4.98 Å². The van der Waals surface area contributed by atoms with E-state index in [0.717, 1.165) is 56.1 Å². The van der Waals surface area contributed by atoms with Crippen LogP contribution in [0.15, 0.2) is 30.3 Å². The number of carbonyl (C=O) groups excluding carboxylic acids is 1. The van der Waals surface area contributed by atoms with Crippen molar-refractivity contribution in [3.8, 4) is 0 Å². The van der Waals surface area contributed by atoms with E-state index in [2.05, 4.69) is 39.5 Å². The van der Waals surface area contributed by atoms with Crippen molar-refractivity contribution in [3.63, 3.8) is 0 Å². The topological polar surface area (TPSA) is 71.2 Å². The molecule has 1 aliphatic carbocycles. The molecule has 1 aromatic heterocycles. The Bertz CT molecular complexity index is 755. The summed E-state index contributed by atoms with van der Waals surface area (Å²) in [5.74, 6) is 0.130. The molecule has 2 atom stereocenters. The number of carbonyl (C=O) groups is 1. The second kappa shape index (κ2) is 9.85. The summed E-state index contributed by atoms with van der Waals surface area (Å²) in [6.45, 7) is 2.88. The van der Waals surface area contributed by atoms with Gasteiger partial charge >= 0.3 is 0 Å². The second-order valence-electron chi connectivity index (χ2n) is 7.09. The van der Waals surface area contributed by atoms with E-state index in [-0.39, 0.29) is 42.7 Å². The molecule has 5 nitrogen and oxygen atoms in total. The molecule has 4 rings (SSSR count). The maximum atomic E-state index is 12.4. The summed E-state index contributed by atoms with van der Waals surface area (Å²) in [6.07, 6.45) is 3.58. The van der Waals surface area contributed by atoms with E-state index >= 15 is 0 Å². The lowest BCUT2D eigenvalue weighted by Gasteiger charge is -2.25. The molecule has 27 heavy (non-hydrogen) atoms. The van der Waals surface area contributed by atoms with Crippen LogP contribution < -0.4 is 11.1 Å². The van der Waals surface area contributed by atoms with Gasteiger partial charge in [0.25, 0.3) is 0 Å². The Kier molecular flexibility index (Phi) is 8.06. The van der Waals surface area contributed by atoms with Gasteiger partial charge in [0.15, 0.2) is 5.13 Å². The number of anilines is 1. The minimum absolute atomic E-state index is 0. The molecule has 0 spiro atoms. The van der Waals surface area contributed by atoms with Crippen molar-refractivity contribution in [2.24, 2.45) is 11.7 Å². The largest absolute Gasteiger partial charge is 0.328 e. The molecule has 0 saturated heterocycles. The van der Waals surface area contributed by atoms with E-state index in [1.807, 2.05) is 6.07 Å². The van der Waals surface area contributed by atoms with E-state index in [1.54, 1.807) is 11.3 Å². The second-order valence-corrected chi connectivity index (χ2v) is 8.18. The molecule has 1 amide bonds. The van der Waals surface area contributed by atoms with Gasteiger partial charge in [-0.3, -0.25) is 9.69 Å². The highest BCUT2D eigenvalue weighted by molar-refractivity contribution is 7.15. The Morgan fingerprint density at radius 3 is 2.74 bits per heavy atom. The van der Waals surface area contributed by atoms with Crippen LogP contribution in [0.2, 0.25) is 0 Å². The summed E-state index contributed by atoms with van der Waals surface area (Å²) in [7, 11) is 0. The summed E-state index contributed by atoms with van der Waals surface area (Å²) in [5.41, 5.74) is 8.40. The van der Waals surface area contributed by atoms with Gasteiger partial charge in [0, 0.05) is 42.9 Å². The van der Waals surface area contributed by atoms with E-state index < -0.39 is 0 Å². The Morgan fingerprint density at radius 1 is 1.26 bits per heavy atom. The zero-order valence-corrected chi connectivity index (χ0v) is 17.5. The number of nitrogens with zero attached hydrogens (tertiary/aromatic N) is 2. The highest BCUT2D eigenvalue weighted by Gasteiger charge is 2.29. The number of nitrogens with two attached hydrogens (primary N) is 1. The van der Waals surface area contributed by atoms with E-state index in [9.17, 15) is 4.79 Å². The van der Waals surface area contributed by atoms with Gasteiger partial charge in [-0.2, -0.15) is 0 Å². The van der Waals surface area contributed by atoms with Crippen molar-refractivity contribution in [2.45, 2.75) is 44.8 Å². The number of halogens is 2. The molecule has 148 valence electrons. The molecule has 1 saturated carbocycles. The smallest absolute Gasteiger partial charge is 0.229 e. The van der Waals surface area contributed by atoms with E-state index in [4.69, 9.17) is 5.73 Å². The number of thiazole rings is 1. The van der Waals surface area contributed by atoms with Gasteiger partial charge in [0.1, 0.15) is 0 Å². The predicted octanol–water partition coefficient (Wildman–Crippen LogP) is 3.61. The van der Waals surface area contributed by atoms with E-state index in [0.29, 0.717) is 0 Å². The molecule has 1 aliphatic heterocycles. The SMILES string of the molecule is Cl.Cl.NC1CCC(C(=O)Nc2nc3c(s2)CN(Cc2ccccc2)CC3)C1. The lowest BCUT2D eigenvalue weighted by Crippen LogP contribution is -2.29. The van der Waals surface area contributed by atoms with Crippen molar-refractivity contribution in [2.75, 3.05) is 11.9 Å². The van der Waals surface area contributed by atoms with Crippen LogP contribution in [0.3, 0.4) is 0 Å². The highest BCUT2D eigenvalue weighted by Crippen LogP contribution is 2.31. The Morgan fingerprint density at radius 2 is 2.04 bits per heavy atom. The predicted molar refractivity (Wildman–Crippen MR) is 115 cm³/mol. The molecule has 8 heteroatoms. The number of benzene rings is 1. The first-order valence-electron chi connectivity index (χ1n) is 8.98. The molecule has 0 bridgehead atoms. The van der Waals surface area contributed by atoms with Crippen LogP contribution in [0.5, 0.6) is 0 Å². The van der Waals surface area contributed by atoms with Crippen molar-refractivity contribution in [1.82, 2.24) is 9.88 Å². The highest BCUT2D eigenvalue weighted by atomic mass is 35.5. The van der Waals surface area contributed by atoms with Gasteiger partial charge in [-0.15, -0.1) is 36.2 Å². The van der Waals surface area contributed by atoms with Gasteiger partial charge < -0.3 is 11.1 Å². The summed E-state index contributed by atoms with van der Waals surface area (Å²) in [4.78, 5) is 20.7. The van der Waals surface area contributed by atoms with Crippen LogP contribution in [0, 0.1) is 5.92 Å². The van der Waals surface area contributed by atoms with Crippen molar-refractivity contribution < 1.29 is 4.79 Å². The maximum Gasteiger partial charge on any atom is 0.229 e. The molecule has 2 aromatic rings. The molecule has 2 heterocycles. The van der Waals surface area contributed by atoms with Crippen LogP contribution >= 0.6 is 36.2 Å². The number of amides is 1. The molecule has 2 aliphatic rings. The van der Waals surface area contributed by atoms with Crippen molar-refractivity contribution in [1.29, 1.82) is 0 Å². The van der Waals surface area contributed by atoms with Crippen LogP contribution in [-0.4, -0.2) is 28.4 Å². The van der Waals surface area contributed by atoms with Gasteiger partial charge in [0.2, 0.25) is 5.91 Å². The van der Waals surface area contributed by atoms with Crippen molar-refractivity contribution in [3.05, 3.63) is 46.5 Å². The van der Waals surface area contributed by atoms with Crippen LogP contribution in [0.25, 0.3) is 0 Å². The monoisotopic (exact) mass is 428 g/mol. The summed E-state index contributed by atoms with van der Waals surface area (Å²) in [6, 6.07) is 10.7. The Balaban J connectivity index is 0.00000131. The minimum Gasteiger partial charge on any atom is -0.328 e. The first-order chi connectivity index (χ1) is 12.2. The zero-order chi connectivity index (χ0) is 17.2. The lowest BCUT2D eigenvalue weighted by atomic mass is 10.1. The Labute approximate surface area is 176 Å². The van der Waals surface area contributed by atoms with Crippen LogP contribution in [0.4, 0.5) is 5.13 Å². The first-order valence-corrected chi connectivity index (χ1v) is 9.80. The van der Waals surface area contributed by atoms with Gasteiger partial charge in [-0.05, 0) is 24.8 Å². The normalized spacial score (nSPS) is 21.7. The van der Waals surface area contributed by atoms with Crippen molar-refractivity contribution >= 4 is 47.2 Å². The number of hydrogen-bond acceptors (Lipinski definition) is 5. The van der Waals surface area contributed by atoms with E-state index in [1.165, 1.54) is 10.4 Å².